The van der Waals surface area contributed by atoms with Crippen LogP contribution in [-0.4, -0.2) is 32.2 Å². The van der Waals surface area contributed by atoms with Gasteiger partial charge >= 0.3 is 0 Å². The van der Waals surface area contributed by atoms with Crippen LogP contribution in [0, 0.1) is 0 Å². The fourth-order valence-electron chi connectivity index (χ4n) is 3.31. The molecule has 2 aromatic heterocycles. The Bertz CT molecular complexity index is 1040. The van der Waals surface area contributed by atoms with Gasteiger partial charge < -0.3 is 9.73 Å². The molecule has 1 amide bonds. The number of rotatable bonds is 7. The summed E-state index contributed by atoms with van der Waals surface area (Å²) in [4.78, 5) is 24.2. The number of amides is 1. The summed E-state index contributed by atoms with van der Waals surface area (Å²) in [5, 5.41) is 12.1. The van der Waals surface area contributed by atoms with Gasteiger partial charge in [-0.25, -0.2) is 0 Å². The monoisotopic (exact) mass is 410 g/mol. The van der Waals surface area contributed by atoms with E-state index < -0.39 is 0 Å². The number of aryl methyl sites for hydroxylation is 1. The highest BCUT2D eigenvalue weighted by Crippen LogP contribution is 2.26. The van der Waals surface area contributed by atoms with Crippen LogP contribution in [0.2, 0.25) is 0 Å². The highest BCUT2D eigenvalue weighted by Gasteiger charge is 2.20. The van der Waals surface area contributed by atoms with Gasteiger partial charge in [-0.05, 0) is 42.3 Å². The van der Waals surface area contributed by atoms with Crippen molar-refractivity contribution in [1.82, 2.24) is 14.8 Å². The average molecular weight is 410 g/mol. The molecule has 8 heteroatoms. The first-order valence-corrected chi connectivity index (χ1v) is 10.5. The topological polar surface area (TPSA) is 90.0 Å². The number of benzene rings is 1. The molecule has 1 N–H and O–H groups in total. The van der Waals surface area contributed by atoms with E-state index in [4.69, 9.17) is 4.42 Å². The molecule has 0 unspecified atom stereocenters. The predicted octanol–water partition coefficient (Wildman–Crippen LogP) is 3.90. The van der Waals surface area contributed by atoms with E-state index in [-0.39, 0.29) is 23.4 Å². The molecule has 0 fully saturated rings. The Kier molecular flexibility index (Phi) is 5.53. The minimum Gasteiger partial charge on any atom is -0.467 e. The van der Waals surface area contributed by atoms with E-state index in [0.29, 0.717) is 30.1 Å². The van der Waals surface area contributed by atoms with E-state index in [1.165, 1.54) is 11.8 Å². The number of thioether (sulfide) groups is 1. The quantitative estimate of drug-likeness (QED) is 0.469. The molecule has 0 bridgehead atoms. The Labute approximate surface area is 172 Å². The van der Waals surface area contributed by atoms with Crippen molar-refractivity contribution in [1.29, 1.82) is 0 Å². The van der Waals surface area contributed by atoms with E-state index in [1.54, 1.807) is 18.4 Å². The van der Waals surface area contributed by atoms with Crippen LogP contribution < -0.4 is 5.32 Å². The second-order valence-corrected chi connectivity index (χ2v) is 8.24. The van der Waals surface area contributed by atoms with Gasteiger partial charge in [0.15, 0.2) is 10.9 Å². The van der Waals surface area contributed by atoms with Crippen molar-refractivity contribution in [3.8, 4) is 0 Å². The number of furan rings is 1. The normalized spacial score (nSPS) is 13.4. The molecule has 29 heavy (non-hydrogen) atoms. The van der Waals surface area contributed by atoms with Crippen molar-refractivity contribution in [3.63, 3.8) is 0 Å². The van der Waals surface area contributed by atoms with Crippen LogP contribution in [-0.2, 0) is 17.8 Å². The average Bonchev–Trinajstić information content (AvgIpc) is 3.36. The Morgan fingerprint density at radius 2 is 2.14 bits per heavy atom. The zero-order chi connectivity index (χ0) is 20.4. The van der Waals surface area contributed by atoms with Crippen molar-refractivity contribution in [2.45, 2.75) is 44.3 Å². The first-order valence-electron chi connectivity index (χ1n) is 9.55. The predicted molar refractivity (Wildman–Crippen MR) is 110 cm³/mol. The lowest BCUT2D eigenvalue weighted by molar-refractivity contribution is -0.116. The third-order valence-electron chi connectivity index (χ3n) is 4.81. The van der Waals surface area contributed by atoms with Gasteiger partial charge in [-0.2, -0.15) is 0 Å². The summed E-state index contributed by atoms with van der Waals surface area (Å²) in [6, 6.07) is 9.21. The molecule has 0 radical (unpaired) electrons. The Balaban J connectivity index is 1.49. The first-order chi connectivity index (χ1) is 14.0. The summed E-state index contributed by atoms with van der Waals surface area (Å²) < 4.78 is 7.47. The van der Waals surface area contributed by atoms with Crippen LogP contribution in [0.1, 0.15) is 53.7 Å². The number of carbonyl (C=O) groups excluding carboxylic acids is 2. The Morgan fingerprint density at radius 1 is 1.28 bits per heavy atom. The lowest BCUT2D eigenvalue weighted by Crippen LogP contribution is -2.19. The molecule has 3 heterocycles. The number of anilines is 1. The number of nitrogens with zero attached hydrogens (tertiary/aromatic N) is 3. The molecule has 150 valence electrons. The van der Waals surface area contributed by atoms with Crippen molar-refractivity contribution in [2.75, 3.05) is 11.1 Å². The van der Waals surface area contributed by atoms with Crippen LogP contribution in [0.5, 0.6) is 0 Å². The number of nitrogens with one attached hydrogen (secondary N) is 1. The van der Waals surface area contributed by atoms with Crippen LogP contribution >= 0.6 is 11.8 Å². The number of aromatic nitrogens is 3. The van der Waals surface area contributed by atoms with Gasteiger partial charge in [-0.1, -0.05) is 25.6 Å². The molecule has 4 rings (SSSR count). The number of hydrogen-bond donors (Lipinski definition) is 1. The maximum atomic E-state index is 12.8. The maximum absolute atomic E-state index is 12.8. The van der Waals surface area contributed by atoms with Gasteiger partial charge in [0, 0.05) is 23.6 Å². The molecule has 1 aromatic carbocycles. The van der Waals surface area contributed by atoms with E-state index in [2.05, 4.69) is 29.4 Å². The summed E-state index contributed by atoms with van der Waals surface area (Å²) in [7, 11) is 0. The second kappa shape index (κ2) is 8.24. The summed E-state index contributed by atoms with van der Waals surface area (Å²) >= 11 is 1.38. The molecular formula is C21H22N4O3S. The molecule has 0 atom stereocenters. The molecule has 1 aliphatic heterocycles. The van der Waals surface area contributed by atoms with Crippen molar-refractivity contribution in [3.05, 3.63) is 59.3 Å². The minimum atomic E-state index is 0.0176. The zero-order valence-electron chi connectivity index (χ0n) is 16.3. The highest BCUT2D eigenvalue weighted by atomic mass is 32.2. The SMILES string of the molecule is CC(C)c1nnc(SCC(=O)c2ccc3c(c2)CCC(=O)N3)n1Cc1ccco1. The Morgan fingerprint density at radius 3 is 2.90 bits per heavy atom. The molecule has 1 aliphatic rings. The van der Waals surface area contributed by atoms with Crippen molar-refractivity contribution < 1.29 is 14.0 Å². The van der Waals surface area contributed by atoms with Crippen LogP contribution in [0.25, 0.3) is 0 Å². The molecule has 3 aromatic rings. The van der Waals surface area contributed by atoms with E-state index in [0.717, 1.165) is 22.8 Å². The van der Waals surface area contributed by atoms with E-state index in [9.17, 15) is 9.59 Å². The Hall–Kier alpha value is -2.87. The largest absolute Gasteiger partial charge is 0.467 e. The summed E-state index contributed by atoms with van der Waals surface area (Å²) in [5.74, 6) is 2.19. The van der Waals surface area contributed by atoms with Gasteiger partial charge in [0.25, 0.3) is 0 Å². The standard InChI is InChI=1S/C21H22N4O3S/c1-13(2)20-23-24-21(25(20)11-16-4-3-9-28-16)29-12-18(26)15-5-7-17-14(10-15)6-8-19(27)22-17/h3-5,7,9-10,13H,6,8,11-12H2,1-2H3,(H,22,27). The number of Topliss-reactive ketones (excluding diaryl/α,β-unsaturated/α-hetero) is 1. The molecule has 0 spiro atoms. The number of ketones is 1. The number of fused-ring (bicyclic) bond motifs is 1. The summed E-state index contributed by atoms with van der Waals surface area (Å²) in [5.41, 5.74) is 2.45. The van der Waals surface area contributed by atoms with Crippen molar-refractivity contribution >= 4 is 29.1 Å². The lowest BCUT2D eigenvalue weighted by Gasteiger charge is -2.17. The molecule has 7 nitrogen and oxygen atoms in total. The molecule has 0 saturated heterocycles. The molecule has 0 saturated carbocycles. The fourth-order valence-corrected chi connectivity index (χ4v) is 4.15. The molecule has 0 aliphatic carbocycles. The zero-order valence-corrected chi connectivity index (χ0v) is 17.2. The van der Waals surface area contributed by atoms with Gasteiger partial charge in [0.1, 0.15) is 11.6 Å². The van der Waals surface area contributed by atoms with Crippen molar-refractivity contribution in [2.24, 2.45) is 0 Å². The summed E-state index contributed by atoms with van der Waals surface area (Å²) in [6.07, 6.45) is 2.75. The first kappa shape index (κ1) is 19.4. The number of carbonyl (C=O) groups is 2. The van der Waals surface area contributed by atoms with E-state index >= 15 is 0 Å². The van der Waals surface area contributed by atoms with E-state index in [1.807, 2.05) is 22.8 Å². The number of hydrogen-bond acceptors (Lipinski definition) is 6. The van der Waals surface area contributed by atoms with Gasteiger partial charge in [-0.3, -0.25) is 14.2 Å². The van der Waals surface area contributed by atoms with Crippen LogP contribution in [0.4, 0.5) is 5.69 Å². The maximum Gasteiger partial charge on any atom is 0.224 e. The van der Waals surface area contributed by atoms with Crippen LogP contribution in [0.3, 0.4) is 0 Å². The highest BCUT2D eigenvalue weighted by molar-refractivity contribution is 7.99. The van der Waals surface area contributed by atoms with Gasteiger partial charge in [-0.15, -0.1) is 10.2 Å². The van der Waals surface area contributed by atoms with Gasteiger partial charge in [0.2, 0.25) is 5.91 Å². The smallest absolute Gasteiger partial charge is 0.224 e. The summed E-state index contributed by atoms with van der Waals surface area (Å²) in [6.45, 7) is 4.66. The third kappa shape index (κ3) is 4.27. The lowest BCUT2D eigenvalue weighted by atomic mass is 9.99. The fraction of sp³-hybridized carbons (Fsp3) is 0.333. The minimum absolute atomic E-state index is 0.0176. The molecular weight excluding hydrogens is 388 g/mol. The van der Waals surface area contributed by atoms with Gasteiger partial charge in [0.05, 0.1) is 18.6 Å². The van der Waals surface area contributed by atoms with Crippen LogP contribution in [0.15, 0.2) is 46.2 Å². The third-order valence-corrected chi connectivity index (χ3v) is 5.78. The second-order valence-electron chi connectivity index (χ2n) is 7.29.